The lowest BCUT2D eigenvalue weighted by atomic mass is 9.86. The zero-order valence-electron chi connectivity index (χ0n) is 18.8. The fraction of sp³-hybridized carbons (Fsp3) is 0.524. The highest BCUT2D eigenvalue weighted by Crippen LogP contribution is 2.47. The quantitative estimate of drug-likeness (QED) is 0.387. The number of nitrogens with one attached hydrogen (secondary N) is 1. The first kappa shape index (κ1) is 22.7. The van der Waals surface area contributed by atoms with Gasteiger partial charge in [-0.2, -0.15) is 11.8 Å². The molecule has 13 heteroatoms. The summed E-state index contributed by atoms with van der Waals surface area (Å²) in [6, 6.07) is 0. The van der Waals surface area contributed by atoms with Crippen molar-refractivity contribution in [3.63, 3.8) is 0 Å². The number of carbonyl (C=O) groups is 1. The molecule has 2 aliphatic heterocycles. The predicted octanol–water partition coefficient (Wildman–Crippen LogP) is 1.54. The van der Waals surface area contributed by atoms with E-state index in [0.29, 0.717) is 47.1 Å². The highest BCUT2D eigenvalue weighted by Gasteiger charge is 2.64. The van der Waals surface area contributed by atoms with Gasteiger partial charge in [-0.1, -0.05) is 0 Å². The van der Waals surface area contributed by atoms with Gasteiger partial charge in [0.05, 0.1) is 5.56 Å². The van der Waals surface area contributed by atoms with Gasteiger partial charge < -0.3 is 25.2 Å². The molecule has 12 nitrogen and oxygen atoms in total. The fourth-order valence-corrected chi connectivity index (χ4v) is 6.21. The summed E-state index contributed by atoms with van der Waals surface area (Å²) in [5, 5.41) is 36.1. The lowest BCUT2D eigenvalue weighted by molar-refractivity contribution is -0.199. The van der Waals surface area contributed by atoms with Crippen LogP contribution in [-0.2, 0) is 6.54 Å². The lowest BCUT2D eigenvalue weighted by Gasteiger charge is -2.45. The number of hydrogen-bond donors (Lipinski definition) is 4. The smallest absolute Gasteiger partial charge is 0.409 e. The molecule has 3 aromatic rings. The van der Waals surface area contributed by atoms with Crippen LogP contribution in [-0.4, -0.2) is 85.3 Å². The second-order valence-electron chi connectivity index (χ2n) is 8.55. The molecule has 3 aromatic heterocycles. The van der Waals surface area contributed by atoms with Crippen molar-refractivity contribution in [2.24, 2.45) is 5.92 Å². The number of carboxylic acid groups (broad SMARTS) is 1. The Morgan fingerprint density at radius 2 is 2.03 bits per heavy atom. The Labute approximate surface area is 199 Å². The van der Waals surface area contributed by atoms with E-state index in [2.05, 4.69) is 25.3 Å². The molecule has 180 valence electrons. The number of aliphatic hydroxyl groups is 2. The Morgan fingerprint density at radius 3 is 2.68 bits per heavy atom. The molecule has 0 aliphatic carbocycles. The summed E-state index contributed by atoms with van der Waals surface area (Å²) < 4.78 is 1.89. The number of amides is 1. The molecule has 0 aromatic carbocycles. The number of aryl methyl sites for hydroxylation is 2. The molecule has 0 radical (unpaired) electrons. The topological polar surface area (TPSA) is 162 Å². The summed E-state index contributed by atoms with van der Waals surface area (Å²) >= 11 is 1.63. The van der Waals surface area contributed by atoms with Crippen LogP contribution in [0.4, 0.5) is 10.6 Å². The maximum atomic E-state index is 12.0. The van der Waals surface area contributed by atoms with Gasteiger partial charge >= 0.3 is 6.09 Å². The largest absolute Gasteiger partial charge is 0.465 e. The first-order valence-corrected chi connectivity index (χ1v) is 12.3. The van der Waals surface area contributed by atoms with Crippen LogP contribution in [0, 0.1) is 12.8 Å². The van der Waals surface area contributed by atoms with Gasteiger partial charge in [-0.25, -0.2) is 29.7 Å². The first-order chi connectivity index (χ1) is 16.3. The Hall–Kier alpha value is -3.03. The summed E-state index contributed by atoms with van der Waals surface area (Å²) in [5.41, 5.74) is -2.34. The molecule has 5 heterocycles. The summed E-state index contributed by atoms with van der Waals surface area (Å²) in [4.78, 5) is 34.8. The summed E-state index contributed by atoms with van der Waals surface area (Å²) in [6.45, 7) is 4.31. The number of imidazole rings is 1. The molecular weight excluding hydrogens is 460 g/mol. The van der Waals surface area contributed by atoms with E-state index in [4.69, 9.17) is 4.98 Å². The van der Waals surface area contributed by atoms with E-state index < -0.39 is 23.5 Å². The van der Waals surface area contributed by atoms with Crippen LogP contribution in [0.2, 0.25) is 0 Å². The van der Waals surface area contributed by atoms with Crippen molar-refractivity contribution in [2.45, 2.75) is 44.7 Å². The SMILES string of the molecule is CCn1c(-c2cnc(C)nc2)nc2c(NC3(O)CCN(C(=O)O)C3(O)C3CCSC3)ncnc21. The van der Waals surface area contributed by atoms with Gasteiger partial charge in [-0.05, 0) is 26.0 Å². The van der Waals surface area contributed by atoms with Gasteiger partial charge in [0.2, 0.25) is 0 Å². The van der Waals surface area contributed by atoms with Gasteiger partial charge in [-0.3, -0.25) is 4.90 Å². The molecule has 3 atom stereocenters. The average molecular weight is 487 g/mol. The van der Waals surface area contributed by atoms with Crippen molar-refractivity contribution < 1.29 is 20.1 Å². The molecule has 5 rings (SSSR count). The number of rotatable bonds is 5. The molecule has 1 amide bonds. The predicted molar refractivity (Wildman–Crippen MR) is 125 cm³/mol. The number of anilines is 1. The molecule has 4 N–H and O–H groups in total. The average Bonchev–Trinajstić information content (AvgIpc) is 3.53. The number of hydrogen-bond acceptors (Lipinski definition) is 10. The fourth-order valence-electron chi connectivity index (χ4n) is 4.91. The van der Waals surface area contributed by atoms with Gasteiger partial charge in [-0.15, -0.1) is 0 Å². The normalized spacial score (nSPS) is 26.9. The van der Waals surface area contributed by atoms with Crippen molar-refractivity contribution in [3.8, 4) is 11.4 Å². The van der Waals surface area contributed by atoms with E-state index in [0.717, 1.165) is 10.7 Å². The number of aromatic nitrogens is 6. The van der Waals surface area contributed by atoms with Crippen LogP contribution in [0.5, 0.6) is 0 Å². The first-order valence-electron chi connectivity index (χ1n) is 11.1. The third-order valence-electron chi connectivity index (χ3n) is 6.66. The highest BCUT2D eigenvalue weighted by atomic mass is 32.2. The third-order valence-corrected chi connectivity index (χ3v) is 7.82. The van der Waals surface area contributed by atoms with Crippen LogP contribution in [0.1, 0.15) is 25.6 Å². The van der Waals surface area contributed by atoms with Gasteiger partial charge in [0.15, 0.2) is 28.4 Å². The van der Waals surface area contributed by atoms with Crippen LogP contribution in [0.25, 0.3) is 22.6 Å². The molecule has 2 saturated heterocycles. The van der Waals surface area contributed by atoms with Crippen molar-refractivity contribution in [2.75, 3.05) is 23.4 Å². The monoisotopic (exact) mass is 486 g/mol. The van der Waals surface area contributed by atoms with Crippen LogP contribution >= 0.6 is 11.8 Å². The van der Waals surface area contributed by atoms with Gasteiger partial charge in [0.25, 0.3) is 0 Å². The molecule has 2 fully saturated rings. The number of likely N-dealkylation sites (tertiary alicyclic amines) is 1. The number of thioether (sulfide) groups is 1. The standard InChI is InChI=1S/C21H26N8O4S/c1-3-28-17(13-8-22-12(2)23-9-13)26-15-16(24-11-25-18(15)28)27-20(32)5-6-29(19(30)31)21(20,33)14-4-7-34-10-14/h8-9,11,14,32-33H,3-7,10H2,1-2H3,(H,30,31)(H,24,25,27). The van der Waals surface area contributed by atoms with E-state index in [9.17, 15) is 20.1 Å². The number of fused-ring (bicyclic) bond motifs is 1. The maximum Gasteiger partial charge on any atom is 0.409 e. The van der Waals surface area contributed by atoms with Crippen molar-refractivity contribution in [3.05, 3.63) is 24.5 Å². The van der Waals surface area contributed by atoms with Crippen LogP contribution in [0.3, 0.4) is 0 Å². The minimum absolute atomic E-state index is 0.00436. The minimum atomic E-state index is -2.01. The highest BCUT2D eigenvalue weighted by molar-refractivity contribution is 7.99. The van der Waals surface area contributed by atoms with Crippen molar-refractivity contribution >= 4 is 34.8 Å². The summed E-state index contributed by atoms with van der Waals surface area (Å²) in [7, 11) is 0. The van der Waals surface area contributed by atoms with Crippen molar-refractivity contribution in [1.82, 2.24) is 34.4 Å². The van der Waals surface area contributed by atoms with Crippen LogP contribution in [0.15, 0.2) is 18.7 Å². The Morgan fingerprint density at radius 1 is 1.26 bits per heavy atom. The Kier molecular flexibility index (Phi) is 5.57. The molecule has 0 spiro atoms. The van der Waals surface area contributed by atoms with E-state index in [-0.39, 0.29) is 18.8 Å². The van der Waals surface area contributed by atoms with Crippen molar-refractivity contribution in [1.29, 1.82) is 0 Å². The van der Waals surface area contributed by atoms with E-state index in [1.54, 1.807) is 31.1 Å². The third kappa shape index (κ3) is 3.37. The van der Waals surface area contributed by atoms with E-state index in [1.165, 1.54) is 6.33 Å². The van der Waals surface area contributed by atoms with Crippen LogP contribution < -0.4 is 5.32 Å². The van der Waals surface area contributed by atoms with Gasteiger partial charge in [0, 0.05) is 43.6 Å². The zero-order valence-corrected chi connectivity index (χ0v) is 19.7. The number of nitrogens with zero attached hydrogens (tertiary/aromatic N) is 7. The molecule has 2 aliphatic rings. The summed E-state index contributed by atoms with van der Waals surface area (Å²) in [5.74, 6) is 2.35. The molecule has 0 bridgehead atoms. The van der Waals surface area contributed by atoms with E-state index in [1.807, 2.05) is 11.5 Å². The lowest BCUT2D eigenvalue weighted by Crippen LogP contribution is -2.67. The zero-order chi connectivity index (χ0) is 24.1. The second-order valence-corrected chi connectivity index (χ2v) is 9.70. The molecule has 0 saturated carbocycles. The minimum Gasteiger partial charge on any atom is -0.465 e. The second kappa shape index (κ2) is 8.32. The maximum absolute atomic E-state index is 12.0. The molecule has 3 unspecified atom stereocenters. The Bertz CT molecular complexity index is 1230. The van der Waals surface area contributed by atoms with Gasteiger partial charge in [0.1, 0.15) is 18.0 Å². The summed E-state index contributed by atoms with van der Waals surface area (Å²) in [6.07, 6.45) is 4.03. The Balaban J connectivity index is 1.59. The molecular formula is C21H26N8O4S. The van der Waals surface area contributed by atoms with E-state index >= 15 is 0 Å². The molecule has 34 heavy (non-hydrogen) atoms.